The molecule has 82 valence electrons. The predicted molar refractivity (Wildman–Crippen MR) is 66.5 cm³/mol. The zero-order valence-corrected chi connectivity index (χ0v) is 10.5. The Hall–Kier alpha value is -0.960. The van der Waals surface area contributed by atoms with Gasteiger partial charge in [0, 0.05) is 0 Å². The van der Waals surface area contributed by atoms with Crippen molar-refractivity contribution in [2.75, 3.05) is 0 Å². The van der Waals surface area contributed by atoms with Crippen LogP contribution in [-0.2, 0) is 11.0 Å². The highest BCUT2D eigenvalue weighted by atomic mass is 32.2. The van der Waals surface area contributed by atoms with Gasteiger partial charge >= 0.3 is 0 Å². The molecule has 0 aliphatic carbocycles. The average Bonchev–Trinajstić information content (AvgIpc) is 2.17. The Balaban J connectivity index is 2.91. The maximum Gasteiger partial charge on any atom is 0.145 e. The van der Waals surface area contributed by atoms with Crippen molar-refractivity contribution in [1.82, 2.24) is 0 Å². The summed E-state index contributed by atoms with van der Waals surface area (Å²) in [6.45, 7) is 7.65. The van der Waals surface area contributed by atoms with E-state index in [0.29, 0.717) is 0 Å². The number of rotatable bonds is 2. The van der Waals surface area contributed by atoms with Gasteiger partial charge in [0.05, 0.1) is 10.5 Å². The first-order chi connectivity index (χ1) is 6.91. The van der Waals surface area contributed by atoms with E-state index in [-0.39, 0.29) is 4.75 Å². The molecular formula is C12H17NOS. The first-order valence-corrected chi connectivity index (χ1v) is 6.04. The van der Waals surface area contributed by atoms with Crippen LogP contribution >= 0.6 is 0 Å². The largest absolute Gasteiger partial charge is 0.234 e. The number of benzene rings is 1. The summed E-state index contributed by atoms with van der Waals surface area (Å²) in [7, 11) is -1.18. The zero-order chi connectivity index (χ0) is 11.5. The summed E-state index contributed by atoms with van der Waals surface area (Å²) in [5.74, 6) is 0. The molecule has 3 heteroatoms. The molecular weight excluding hydrogens is 206 g/mol. The average molecular weight is 223 g/mol. The van der Waals surface area contributed by atoms with Crippen LogP contribution in [0.5, 0.6) is 0 Å². The Morgan fingerprint density at radius 2 is 1.73 bits per heavy atom. The number of nitrogens with zero attached hydrogens (tertiary/aromatic N) is 1. The van der Waals surface area contributed by atoms with Crippen LogP contribution in [0, 0.1) is 0 Å². The lowest BCUT2D eigenvalue weighted by Gasteiger charge is -2.14. The molecule has 0 saturated carbocycles. The summed E-state index contributed by atoms with van der Waals surface area (Å²) >= 11 is 0. The van der Waals surface area contributed by atoms with E-state index >= 15 is 0 Å². The maximum absolute atomic E-state index is 11.8. The molecule has 2 nitrogen and oxygen atoms in total. The van der Waals surface area contributed by atoms with Gasteiger partial charge in [0.2, 0.25) is 0 Å². The molecule has 0 spiro atoms. The van der Waals surface area contributed by atoms with E-state index in [1.807, 2.05) is 58.0 Å². The van der Waals surface area contributed by atoms with Gasteiger partial charge in [0.25, 0.3) is 0 Å². The first-order valence-electron chi connectivity index (χ1n) is 4.94. The van der Waals surface area contributed by atoms with Gasteiger partial charge in [-0.25, -0.2) is 4.21 Å². The minimum Gasteiger partial charge on any atom is -0.234 e. The Morgan fingerprint density at radius 3 is 2.20 bits per heavy atom. The summed E-state index contributed by atoms with van der Waals surface area (Å²) in [5, 5.41) is 0. The lowest BCUT2D eigenvalue weighted by atomic mass is 10.1. The fourth-order valence-electron chi connectivity index (χ4n) is 0.993. The lowest BCUT2D eigenvalue weighted by Crippen LogP contribution is -2.20. The standard InChI is InChI=1S/C12H17NOS/c1-10(11-8-6-5-7-9-11)13-15(14)12(2,3)4/h5-9H,1-4H3/b13-10-/t15-/m1/s1. The molecule has 0 unspecified atom stereocenters. The minimum absolute atomic E-state index is 0.296. The molecule has 0 aromatic heterocycles. The highest BCUT2D eigenvalue weighted by Gasteiger charge is 2.19. The molecule has 1 rings (SSSR count). The van der Waals surface area contributed by atoms with Crippen molar-refractivity contribution in [2.24, 2.45) is 4.40 Å². The van der Waals surface area contributed by atoms with E-state index in [1.165, 1.54) is 0 Å². The van der Waals surface area contributed by atoms with Crippen LogP contribution in [0.15, 0.2) is 34.7 Å². The van der Waals surface area contributed by atoms with Crippen molar-refractivity contribution in [2.45, 2.75) is 32.4 Å². The molecule has 0 bridgehead atoms. The number of hydrogen-bond acceptors (Lipinski definition) is 1. The highest BCUT2D eigenvalue weighted by Crippen LogP contribution is 2.13. The molecule has 0 amide bonds. The molecule has 0 heterocycles. The first kappa shape index (κ1) is 12.1. The van der Waals surface area contributed by atoms with E-state index in [0.717, 1.165) is 11.3 Å². The van der Waals surface area contributed by atoms with Gasteiger partial charge in [-0.3, -0.25) is 0 Å². The topological polar surface area (TPSA) is 29.4 Å². The predicted octanol–water partition coefficient (Wildman–Crippen LogP) is 2.96. The van der Waals surface area contributed by atoms with E-state index in [2.05, 4.69) is 4.40 Å². The fraction of sp³-hybridized carbons (Fsp3) is 0.417. The van der Waals surface area contributed by atoms with Gasteiger partial charge in [-0.2, -0.15) is 4.40 Å². The second kappa shape index (κ2) is 4.71. The van der Waals surface area contributed by atoms with E-state index in [1.54, 1.807) is 0 Å². The third-order valence-corrected chi connectivity index (χ3v) is 3.42. The second-order valence-electron chi connectivity index (χ2n) is 4.40. The Labute approximate surface area is 94.0 Å². The summed E-state index contributed by atoms with van der Waals surface area (Å²) in [6, 6.07) is 9.80. The monoisotopic (exact) mass is 223 g/mol. The van der Waals surface area contributed by atoms with Crippen molar-refractivity contribution in [3.8, 4) is 0 Å². The lowest BCUT2D eigenvalue weighted by molar-refractivity contribution is 0.650. The van der Waals surface area contributed by atoms with Crippen LogP contribution < -0.4 is 0 Å². The van der Waals surface area contributed by atoms with Crippen LogP contribution in [-0.4, -0.2) is 14.7 Å². The quantitative estimate of drug-likeness (QED) is 0.709. The van der Waals surface area contributed by atoms with Gasteiger partial charge in [0.15, 0.2) is 0 Å². The van der Waals surface area contributed by atoms with E-state index in [9.17, 15) is 4.21 Å². The van der Waals surface area contributed by atoms with Crippen molar-refractivity contribution < 1.29 is 4.21 Å². The highest BCUT2D eigenvalue weighted by molar-refractivity contribution is 7.85. The molecule has 1 atom stereocenters. The third kappa shape index (κ3) is 3.59. The summed E-state index contributed by atoms with van der Waals surface area (Å²) in [6.07, 6.45) is 0. The third-order valence-electron chi connectivity index (χ3n) is 1.94. The molecule has 1 aromatic carbocycles. The minimum atomic E-state index is -1.18. The van der Waals surface area contributed by atoms with Crippen molar-refractivity contribution in [3.05, 3.63) is 35.9 Å². The molecule has 0 aliphatic heterocycles. The molecule has 0 radical (unpaired) electrons. The maximum atomic E-state index is 11.8. The van der Waals surface area contributed by atoms with Crippen LogP contribution in [0.25, 0.3) is 0 Å². The van der Waals surface area contributed by atoms with Gasteiger partial charge < -0.3 is 0 Å². The van der Waals surface area contributed by atoms with Crippen LogP contribution in [0.2, 0.25) is 0 Å². The van der Waals surface area contributed by atoms with E-state index < -0.39 is 11.0 Å². The SMILES string of the molecule is C/C(=N/[S@](=O)C(C)(C)C)c1ccccc1. The molecule has 15 heavy (non-hydrogen) atoms. The molecule has 0 N–H and O–H groups in total. The molecule has 0 aliphatic rings. The smallest absolute Gasteiger partial charge is 0.145 e. The van der Waals surface area contributed by atoms with Crippen LogP contribution in [0.3, 0.4) is 0 Å². The summed E-state index contributed by atoms with van der Waals surface area (Å²) < 4.78 is 15.7. The Morgan fingerprint density at radius 1 is 1.20 bits per heavy atom. The summed E-state index contributed by atoms with van der Waals surface area (Å²) in [4.78, 5) is 0. The normalized spacial score (nSPS) is 15.1. The van der Waals surface area contributed by atoms with Gasteiger partial charge in [0.1, 0.15) is 11.0 Å². The Kier molecular flexibility index (Phi) is 3.80. The molecule has 0 fully saturated rings. The van der Waals surface area contributed by atoms with E-state index in [4.69, 9.17) is 0 Å². The van der Waals surface area contributed by atoms with Crippen molar-refractivity contribution in [3.63, 3.8) is 0 Å². The molecule has 1 aromatic rings. The zero-order valence-electron chi connectivity index (χ0n) is 9.65. The summed E-state index contributed by atoms with van der Waals surface area (Å²) in [5.41, 5.74) is 1.85. The van der Waals surface area contributed by atoms with Crippen LogP contribution in [0.4, 0.5) is 0 Å². The van der Waals surface area contributed by atoms with Gasteiger partial charge in [-0.05, 0) is 33.3 Å². The van der Waals surface area contributed by atoms with Gasteiger partial charge in [-0.15, -0.1) is 0 Å². The van der Waals surface area contributed by atoms with Crippen LogP contribution in [0.1, 0.15) is 33.3 Å². The van der Waals surface area contributed by atoms with Gasteiger partial charge in [-0.1, -0.05) is 30.3 Å². The fourth-order valence-corrected chi connectivity index (χ4v) is 1.62. The second-order valence-corrected chi connectivity index (χ2v) is 6.31. The number of hydrogen-bond donors (Lipinski definition) is 0. The molecule has 0 saturated heterocycles. The van der Waals surface area contributed by atoms with Crippen molar-refractivity contribution >= 4 is 16.7 Å². The Bertz CT molecular complexity index is 376. The van der Waals surface area contributed by atoms with Crippen molar-refractivity contribution in [1.29, 1.82) is 0 Å².